The SMILES string of the molecule is N#Cc1ccc(N2CCOCC2CO)cc1. The highest BCUT2D eigenvalue weighted by Gasteiger charge is 2.22. The number of aliphatic hydroxyl groups is 1. The first-order valence-corrected chi connectivity index (χ1v) is 5.30. The van der Waals surface area contributed by atoms with Crippen LogP contribution < -0.4 is 4.90 Å². The number of morpholine rings is 1. The summed E-state index contributed by atoms with van der Waals surface area (Å²) in [7, 11) is 0. The lowest BCUT2D eigenvalue weighted by atomic mass is 10.1. The van der Waals surface area contributed by atoms with E-state index >= 15 is 0 Å². The van der Waals surface area contributed by atoms with Gasteiger partial charge < -0.3 is 14.7 Å². The minimum Gasteiger partial charge on any atom is -0.394 e. The number of aliphatic hydroxyl groups excluding tert-OH is 1. The van der Waals surface area contributed by atoms with Crippen LogP contribution in [0.1, 0.15) is 5.56 Å². The van der Waals surface area contributed by atoms with E-state index in [2.05, 4.69) is 11.0 Å². The molecule has 0 aromatic heterocycles. The summed E-state index contributed by atoms with van der Waals surface area (Å²) in [6.07, 6.45) is 0. The molecule has 1 aliphatic rings. The fourth-order valence-corrected chi connectivity index (χ4v) is 1.87. The molecule has 0 radical (unpaired) electrons. The normalized spacial score (nSPS) is 20.5. The van der Waals surface area contributed by atoms with Gasteiger partial charge in [-0.2, -0.15) is 5.26 Å². The summed E-state index contributed by atoms with van der Waals surface area (Å²) in [5.41, 5.74) is 1.68. The third kappa shape index (κ3) is 2.16. The van der Waals surface area contributed by atoms with Crippen molar-refractivity contribution in [1.82, 2.24) is 0 Å². The van der Waals surface area contributed by atoms with Crippen molar-refractivity contribution in [2.24, 2.45) is 0 Å². The topological polar surface area (TPSA) is 56.5 Å². The van der Waals surface area contributed by atoms with Crippen molar-refractivity contribution in [3.63, 3.8) is 0 Å². The van der Waals surface area contributed by atoms with Gasteiger partial charge in [0, 0.05) is 12.2 Å². The van der Waals surface area contributed by atoms with Gasteiger partial charge in [0.15, 0.2) is 0 Å². The molecule has 0 bridgehead atoms. The summed E-state index contributed by atoms with van der Waals surface area (Å²) in [5.74, 6) is 0. The fraction of sp³-hybridized carbons (Fsp3) is 0.417. The highest BCUT2D eigenvalue weighted by atomic mass is 16.5. The Kier molecular flexibility index (Phi) is 3.40. The minimum atomic E-state index is 0.0154. The Morgan fingerprint density at radius 1 is 1.44 bits per heavy atom. The molecule has 1 saturated heterocycles. The average molecular weight is 218 g/mol. The van der Waals surface area contributed by atoms with Crippen LogP contribution in [0, 0.1) is 11.3 Å². The van der Waals surface area contributed by atoms with E-state index in [1.54, 1.807) is 12.1 Å². The van der Waals surface area contributed by atoms with Crippen LogP contribution in [0.15, 0.2) is 24.3 Å². The first-order valence-electron chi connectivity index (χ1n) is 5.30. The third-order valence-corrected chi connectivity index (χ3v) is 2.77. The number of hydrogen-bond acceptors (Lipinski definition) is 4. The van der Waals surface area contributed by atoms with E-state index < -0.39 is 0 Å². The van der Waals surface area contributed by atoms with Crippen molar-refractivity contribution in [2.75, 3.05) is 31.3 Å². The van der Waals surface area contributed by atoms with Gasteiger partial charge in [-0.15, -0.1) is 0 Å². The maximum absolute atomic E-state index is 9.25. The largest absolute Gasteiger partial charge is 0.394 e. The van der Waals surface area contributed by atoms with Crippen LogP contribution in [0.3, 0.4) is 0 Å². The van der Waals surface area contributed by atoms with Gasteiger partial charge in [-0.3, -0.25) is 0 Å². The predicted octanol–water partition coefficient (Wildman–Crippen LogP) is 0.756. The van der Waals surface area contributed by atoms with E-state index in [1.807, 2.05) is 12.1 Å². The second-order valence-corrected chi connectivity index (χ2v) is 3.76. The third-order valence-electron chi connectivity index (χ3n) is 2.77. The molecule has 4 nitrogen and oxygen atoms in total. The van der Waals surface area contributed by atoms with E-state index in [9.17, 15) is 5.11 Å². The Bertz CT molecular complexity index is 383. The van der Waals surface area contributed by atoms with Gasteiger partial charge in [0.05, 0.1) is 37.5 Å². The number of anilines is 1. The maximum Gasteiger partial charge on any atom is 0.0991 e. The molecule has 0 spiro atoms. The Morgan fingerprint density at radius 2 is 2.19 bits per heavy atom. The number of benzene rings is 1. The van der Waals surface area contributed by atoms with Crippen molar-refractivity contribution in [3.8, 4) is 6.07 Å². The van der Waals surface area contributed by atoms with Crippen LogP contribution in [0.5, 0.6) is 0 Å². The zero-order valence-corrected chi connectivity index (χ0v) is 8.97. The number of ether oxygens (including phenoxy) is 1. The van der Waals surface area contributed by atoms with E-state index in [-0.39, 0.29) is 12.6 Å². The number of hydrogen-bond donors (Lipinski definition) is 1. The first kappa shape index (κ1) is 10.9. The minimum absolute atomic E-state index is 0.0154. The lowest BCUT2D eigenvalue weighted by Gasteiger charge is -2.36. The molecule has 16 heavy (non-hydrogen) atoms. The molecule has 1 unspecified atom stereocenters. The van der Waals surface area contributed by atoms with Gasteiger partial charge in [-0.05, 0) is 24.3 Å². The lowest BCUT2D eigenvalue weighted by molar-refractivity contribution is 0.0727. The van der Waals surface area contributed by atoms with Crippen molar-refractivity contribution in [1.29, 1.82) is 5.26 Å². The summed E-state index contributed by atoms with van der Waals surface area (Å²) in [6.45, 7) is 2.09. The zero-order valence-electron chi connectivity index (χ0n) is 8.97. The fourth-order valence-electron chi connectivity index (χ4n) is 1.87. The van der Waals surface area contributed by atoms with Gasteiger partial charge in [0.2, 0.25) is 0 Å². The van der Waals surface area contributed by atoms with Gasteiger partial charge in [-0.25, -0.2) is 0 Å². The molecule has 0 amide bonds. The van der Waals surface area contributed by atoms with Crippen LogP contribution in [0.4, 0.5) is 5.69 Å². The summed E-state index contributed by atoms with van der Waals surface area (Å²) >= 11 is 0. The van der Waals surface area contributed by atoms with Crippen molar-refractivity contribution in [2.45, 2.75) is 6.04 Å². The standard InChI is InChI=1S/C12H14N2O2/c13-7-10-1-3-11(4-2-10)14-5-6-16-9-12(14)8-15/h1-4,12,15H,5-6,8-9H2. The molecule has 1 aromatic rings. The van der Waals surface area contributed by atoms with Crippen LogP contribution in [-0.2, 0) is 4.74 Å². The van der Waals surface area contributed by atoms with Crippen molar-refractivity contribution < 1.29 is 9.84 Å². The molecule has 0 aliphatic carbocycles. The predicted molar refractivity (Wildman–Crippen MR) is 60.2 cm³/mol. The van der Waals surface area contributed by atoms with Gasteiger partial charge >= 0.3 is 0 Å². The Balaban J connectivity index is 2.18. The number of nitriles is 1. The molecule has 1 aromatic carbocycles. The molecular weight excluding hydrogens is 204 g/mol. The number of nitrogens with zero attached hydrogens (tertiary/aromatic N) is 2. The summed E-state index contributed by atoms with van der Waals surface area (Å²) in [6, 6.07) is 9.51. The quantitative estimate of drug-likeness (QED) is 0.796. The van der Waals surface area contributed by atoms with E-state index in [4.69, 9.17) is 10.00 Å². The van der Waals surface area contributed by atoms with Gasteiger partial charge in [0.25, 0.3) is 0 Å². The van der Waals surface area contributed by atoms with Gasteiger partial charge in [-0.1, -0.05) is 0 Å². The van der Waals surface area contributed by atoms with E-state index in [1.165, 1.54) is 0 Å². The molecule has 1 N–H and O–H groups in total. The highest BCUT2D eigenvalue weighted by molar-refractivity contribution is 5.50. The lowest BCUT2D eigenvalue weighted by Crippen LogP contribution is -2.47. The number of rotatable bonds is 2. The Hall–Kier alpha value is -1.57. The molecule has 4 heteroatoms. The Morgan fingerprint density at radius 3 is 2.81 bits per heavy atom. The summed E-state index contributed by atoms with van der Waals surface area (Å²) < 4.78 is 5.32. The molecular formula is C12H14N2O2. The van der Waals surface area contributed by atoms with E-state index in [0.717, 1.165) is 12.2 Å². The highest BCUT2D eigenvalue weighted by Crippen LogP contribution is 2.19. The average Bonchev–Trinajstić information content (AvgIpc) is 2.39. The molecule has 1 fully saturated rings. The summed E-state index contributed by atoms with van der Waals surface area (Å²) in [5, 5.41) is 18.0. The first-order chi connectivity index (χ1) is 7.85. The van der Waals surface area contributed by atoms with Crippen LogP contribution in [-0.4, -0.2) is 37.5 Å². The smallest absolute Gasteiger partial charge is 0.0991 e. The zero-order chi connectivity index (χ0) is 11.4. The molecule has 2 rings (SSSR count). The Labute approximate surface area is 94.7 Å². The maximum atomic E-state index is 9.25. The van der Waals surface area contributed by atoms with E-state index in [0.29, 0.717) is 18.8 Å². The van der Waals surface area contributed by atoms with Gasteiger partial charge in [0.1, 0.15) is 0 Å². The molecule has 1 atom stereocenters. The summed E-state index contributed by atoms with van der Waals surface area (Å²) in [4.78, 5) is 2.12. The van der Waals surface area contributed by atoms with Crippen LogP contribution in [0.25, 0.3) is 0 Å². The van der Waals surface area contributed by atoms with Crippen LogP contribution >= 0.6 is 0 Å². The van der Waals surface area contributed by atoms with Crippen LogP contribution in [0.2, 0.25) is 0 Å². The molecule has 0 saturated carbocycles. The monoisotopic (exact) mass is 218 g/mol. The second-order valence-electron chi connectivity index (χ2n) is 3.76. The molecule has 84 valence electrons. The van der Waals surface area contributed by atoms with Crippen molar-refractivity contribution in [3.05, 3.63) is 29.8 Å². The van der Waals surface area contributed by atoms with Crippen molar-refractivity contribution >= 4 is 5.69 Å². The molecule has 1 aliphatic heterocycles. The molecule has 1 heterocycles. The second kappa shape index (κ2) is 4.97.